The predicted octanol–water partition coefficient (Wildman–Crippen LogP) is 2.04. The van der Waals surface area contributed by atoms with E-state index in [0.29, 0.717) is 13.0 Å². The zero-order chi connectivity index (χ0) is 20.4. The van der Waals surface area contributed by atoms with Crippen molar-refractivity contribution < 1.29 is 17.9 Å². The second kappa shape index (κ2) is 10.6. The Morgan fingerprint density at radius 3 is 2.43 bits per heavy atom. The Bertz CT molecular complexity index is 881. The summed E-state index contributed by atoms with van der Waals surface area (Å²) in [7, 11) is -3.51. The van der Waals surface area contributed by atoms with Gasteiger partial charge in [0.05, 0.1) is 25.6 Å². The standard InChI is InChI=1S/C20H25N3O4S/c1-3-27-19-11-9-18(10-12-19)15-21-22-20(24)16-23(28(2,25)26)14-13-17-7-5-4-6-8-17/h4-12,15H,3,13-14,16H2,1-2H3,(H,22,24). The van der Waals surface area contributed by atoms with E-state index < -0.39 is 15.9 Å². The van der Waals surface area contributed by atoms with Crippen LogP contribution in [0.25, 0.3) is 0 Å². The van der Waals surface area contributed by atoms with Gasteiger partial charge in [-0.1, -0.05) is 30.3 Å². The highest BCUT2D eigenvalue weighted by atomic mass is 32.2. The van der Waals surface area contributed by atoms with Crippen LogP contribution >= 0.6 is 0 Å². The maximum absolute atomic E-state index is 12.1. The molecule has 0 saturated heterocycles. The number of benzene rings is 2. The highest BCUT2D eigenvalue weighted by Gasteiger charge is 2.19. The van der Waals surface area contributed by atoms with Crippen molar-refractivity contribution in [1.82, 2.24) is 9.73 Å². The van der Waals surface area contributed by atoms with Crippen molar-refractivity contribution in [2.45, 2.75) is 13.3 Å². The molecule has 1 amide bonds. The first-order valence-corrected chi connectivity index (χ1v) is 10.8. The highest BCUT2D eigenvalue weighted by molar-refractivity contribution is 7.88. The lowest BCUT2D eigenvalue weighted by molar-refractivity contribution is -0.121. The zero-order valence-corrected chi connectivity index (χ0v) is 16.9. The molecule has 2 aromatic carbocycles. The van der Waals surface area contributed by atoms with E-state index in [-0.39, 0.29) is 13.1 Å². The molecule has 2 aromatic rings. The number of rotatable bonds is 10. The molecule has 0 radical (unpaired) electrons. The van der Waals surface area contributed by atoms with Gasteiger partial charge in [-0.25, -0.2) is 13.8 Å². The molecule has 0 fully saturated rings. The monoisotopic (exact) mass is 403 g/mol. The van der Waals surface area contributed by atoms with Crippen LogP contribution < -0.4 is 10.2 Å². The number of hydrogen-bond acceptors (Lipinski definition) is 5. The van der Waals surface area contributed by atoms with Gasteiger partial charge in [-0.05, 0) is 48.7 Å². The summed E-state index contributed by atoms with van der Waals surface area (Å²) >= 11 is 0. The quantitative estimate of drug-likeness (QED) is 0.486. The number of carbonyl (C=O) groups is 1. The minimum Gasteiger partial charge on any atom is -0.494 e. The molecule has 0 aliphatic heterocycles. The largest absolute Gasteiger partial charge is 0.494 e. The Labute approximate surface area is 166 Å². The molecule has 2 rings (SSSR count). The first-order valence-electron chi connectivity index (χ1n) is 8.92. The first-order chi connectivity index (χ1) is 13.4. The first kappa shape index (κ1) is 21.6. The van der Waals surface area contributed by atoms with Gasteiger partial charge < -0.3 is 4.74 Å². The summed E-state index contributed by atoms with van der Waals surface area (Å²) in [6.45, 7) is 2.43. The topological polar surface area (TPSA) is 88.1 Å². The average molecular weight is 404 g/mol. The number of ether oxygens (including phenoxy) is 1. The maximum Gasteiger partial charge on any atom is 0.255 e. The fourth-order valence-electron chi connectivity index (χ4n) is 2.45. The SMILES string of the molecule is CCOc1ccc(C=NNC(=O)CN(CCc2ccccc2)S(C)(=O)=O)cc1. The molecule has 0 atom stereocenters. The predicted molar refractivity (Wildman–Crippen MR) is 110 cm³/mol. The van der Waals surface area contributed by atoms with Gasteiger partial charge in [0.25, 0.3) is 5.91 Å². The fraction of sp³-hybridized carbons (Fsp3) is 0.300. The van der Waals surface area contributed by atoms with E-state index in [1.54, 1.807) is 0 Å². The smallest absolute Gasteiger partial charge is 0.255 e. The third kappa shape index (κ3) is 7.50. The third-order valence-electron chi connectivity index (χ3n) is 3.88. The lowest BCUT2D eigenvalue weighted by atomic mass is 10.1. The number of hydrazone groups is 1. The van der Waals surface area contributed by atoms with E-state index in [4.69, 9.17) is 4.74 Å². The van der Waals surface area contributed by atoms with Gasteiger partial charge in [0.1, 0.15) is 5.75 Å². The Kier molecular flexibility index (Phi) is 8.16. The Morgan fingerprint density at radius 1 is 1.14 bits per heavy atom. The molecule has 0 aliphatic carbocycles. The zero-order valence-electron chi connectivity index (χ0n) is 16.0. The molecular formula is C20H25N3O4S. The van der Waals surface area contributed by atoms with Crippen LogP contribution in [0.2, 0.25) is 0 Å². The van der Waals surface area contributed by atoms with Gasteiger partial charge >= 0.3 is 0 Å². The van der Waals surface area contributed by atoms with Gasteiger partial charge in [-0.3, -0.25) is 4.79 Å². The molecule has 150 valence electrons. The van der Waals surface area contributed by atoms with E-state index in [9.17, 15) is 13.2 Å². The summed E-state index contributed by atoms with van der Waals surface area (Å²) in [5.74, 6) is 0.256. The number of sulfonamides is 1. The van der Waals surface area contributed by atoms with Crippen molar-refractivity contribution in [3.05, 3.63) is 65.7 Å². The normalized spacial score (nSPS) is 11.7. The minimum atomic E-state index is -3.51. The molecule has 0 unspecified atom stereocenters. The minimum absolute atomic E-state index is 0.221. The Hall–Kier alpha value is -2.71. The average Bonchev–Trinajstić information content (AvgIpc) is 2.66. The van der Waals surface area contributed by atoms with Crippen molar-refractivity contribution in [3.63, 3.8) is 0 Å². The summed E-state index contributed by atoms with van der Waals surface area (Å²) < 4.78 is 30.4. The van der Waals surface area contributed by atoms with E-state index in [0.717, 1.165) is 27.4 Å². The van der Waals surface area contributed by atoms with Crippen molar-refractivity contribution in [2.24, 2.45) is 5.10 Å². The van der Waals surface area contributed by atoms with Crippen LogP contribution in [-0.4, -0.2) is 50.8 Å². The summed E-state index contributed by atoms with van der Waals surface area (Å²) in [5.41, 5.74) is 4.15. The van der Waals surface area contributed by atoms with Crippen LogP contribution in [0.15, 0.2) is 59.7 Å². The van der Waals surface area contributed by atoms with Crippen LogP contribution in [0.5, 0.6) is 5.75 Å². The highest BCUT2D eigenvalue weighted by Crippen LogP contribution is 2.10. The fourth-order valence-corrected chi connectivity index (χ4v) is 3.23. The van der Waals surface area contributed by atoms with Crippen molar-refractivity contribution in [2.75, 3.05) is 26.0 Å². The lowest BCUT2D eigenvalue weighted by Crippen LogP contribution is -2.40. The van der Waals surface area contributed by atoms with E-state index >= 15 is 0 Å². The van der Waals surface area contributed by atoms with Crippen molar-refractivity contribution in [3.8, 4) is 5.75 Å². The molecular weight excluding hydrogens is 378 g/mol. The number of carbonyl (C=O) groups excluding carboxylic acids is 1. The van der Waals surface area contributed by atoms with Crippen LogP contribution in [0, 0.1) is 0 Å². The van der Waals surface area contributed by atoms with Crippen molar-refractivity contribution >= 4 is 22.1 Å². The van der Waals surface area contributed by atoms with E-state index in [2.05, 4.69) is 10.5 Å². The molecule has 28 heavy (non-hydrogen) atoms. The molecule has 7 nitrogen and oxygen atoms in total. The van der Waals surface area contributed by atoms with Gasteiger partial charge in [0, 0.05) is 6.54 Å². The molecule has 8 heteroatoms. The summed E-state index contributed by atoms with van der Waals surface area (Å²) in [4.78, 5) is 12.1. The summed E-state index contributed by atoms with van der Waals surface area (Å²) in [6, 6.07) is 16.7. The van der Waals surface area contributed by atoms with Crippen molar-refractivity contribution in [1.29, 1.82) is 0 Å². The van der Waals surface area contributed by atoms with E-state index in [1.807, 2.05) is 61.5 Å². The molecule has 1 N–H and O–H groups in total. The second-order valence-corrected chi connectivity index (χ2v) is 8.11. The van der Waals surface area contributed by atoms with Gasteiger partial charge in [-0.2, -0.15) is 9.41 Å². The number of nitrogens with one attached hydrogen (secondary N) is 1. The van der Waals surface area contributed by atoms with Crippen LogP contribution in [0.3, 0.4) is 0 Å². The molecule has 0 spiro atoms. The number of nitrogens with zero attached hydrogens (tertiary/aromatic N) is 2. The molecule has 0 aliphatic rings. The third-order valence-corrected chi connectivity index (χ3v) is 5.13. The summed E-state index contributed by atoms with van der Waals surface area (Å²) in [5, 5.41) is 3.88. The second-order valence-electron chi connectivity index (χ2n) is 6.13. The molecule has 0 saturated carbocycles. The Morgan fingerprint density at radius 2 is 1.82 bits per heavy atom. The number of hydrogen-bond donors (Lipinski definition) is 1. The molecule has 0 bridgehead atoms. The van der Waals surface area contributed by atoms with Crippen LogP contribution in [0.4, 0.5) is 0 Å². The Balaban J connectivity index is 1.88. The molecule has 0 aromatic heterocycles. The van der Waals surface area contributed by atoms with E-state index in [1.165, 1.54) is 6.21 Å². The molecule has 0 heterocycles. The van der Waals surface area contributed by atoms with Crippen LogP contribution in [0.1, 0.15) is 18.1 Å². The lowest BCUT2D eigenvalue weighted by Gasteiger charge is -2.18. The van der Waals surface area contributed by atoms with Gasteiger partial charge in [-0.15, -0.1) is 0 Å². The van der Waals surface area contributed by atoms with Gasteiger partial charge in [0.15, 0.2) is 0 Å². The maximum atomic E-state index is 12.1. The van der Waals surface area contributed by atoms with Crippen LogP contribution in [-0.2, 0) is 21.2 Å². The van der Waals surface area contributed by atoms with Gasteiger partial charge in [0.2, 0.25) is 10.0 Å². The number of amides is 1. The summed E-state index contributed by atoms with van der Waals surface area (Å²) in [6.07, 6.45) is 3.10.